The highest BCUT2D eigenvalue weighted by molar-refractivity contribution is 7.70. The summed E-state index contributed by atoms with van der Waals surface area (Å²) in [5, 5.41) is 13.0. The number of piperazine rings is 1. The molecule has 5 aromatic rings. The summed E-state index contributed by atoms with van der Waals surface area (Å²) in [6.45, 7) is 11.5. The summed E-state index contributed by atoms with van der Waals surface area (Å²) in [7, 11) is 3.16. The summed E-state index contributed by atoms with van der Waals surface area (Å²) < 4.78 is 21.1. The van der Waals surface area contributed by atoms with Crippen LogP contribution in [0.3, 0.4) is 0 Å². The van der Waals surface area contributed by atoms with Crippen molar-refractivity contribution in [1.82, 2.24) is 29.6 Å². The summed E-state index contributed by atoms with van der Waals surface area (Å²) in [6.07, 6.45) is 5.75. The Kier molecular flexibility index (Phi) is 7.86. The van der Waals surface area contributed by atoms with Crippen LogP contribution in [0.1, 0.15) is 11.1 Å². The Bertz CT molecular complexity index is 1880. The van der Waals surface area contributed by atoms with E-state index >= 15 is 0 Å². The highest BCUT2D eigenvalue weighted by Crippen LogP contribution is 2.42. The number of aromatic nitrogens is 5. The topological polar surface area (TPSA) is 116 Å². The molecule has 230 valence electrons. The van der Waals surface area contributed by atoms with Gasteiger partial charge in [0, 0.05) is 73.8 Å². The van der Waals surface area contributed by atoms with Gasteiger partial charge in [-0.1, -0.05) is 6.07 Å². The van der Waals surface area contributed by atoms with E-state index in [9.17, 15) is 4.57 Å². The first-order valence-corrected chi connectivity index (χ1v) is 17.3. The Morgan fingerprint density at radius 2 is 1.75 bits per heavy atom. The highest BCUT2D eigenvalue weighted by Gasteiger charge is 2.24. The first-order valence-electron chi connectivity index (χ1n) is 14.7. The molecule has 11 nitrogen and oxygen atoms in total. The van der Waals surface area contributed by atoms with Gasteiger partial charge in [0.05, 0.1) is 30.1 Å². The molecule has 0 atom stereocenters. The second kappa shape index (κ2) is 11.6. The number of rotatable bonds is 8. The first-order chi connectivity index (χ1) is 21.0. The van der Waals surface area contributed by atoms with Crippen molar-refractivity contribution < 1.29 is 9.30 Å². The monoisotopic (exact) mass is 613 g/mol. The highest BCUT2D eigenvalue weighted by atomic mass is 31.2. The second-order valence-corrected chi connectivity index (χ2v) is 15.1. The van der Waals surface area contributed by atoms with Crippen molar-refractivity contribution in [3.63, 3.8) is 0 Å². The number of aryl methyl sites for hydroxylation is 2. The molecule has 1 fully saturated rings. The average molecular weight is 614 g/mol. The van der Waals surface area contributed by atoms with Gasteiger partial charge in [0.15, 0.2) is 0 Å². The molecule has 2 aromatic carbocycles. The second-order valence-electron chi connectivity index (χ2n) is 11.9. The normalized spacial score (nSPS) is 14.3. The summed E-state index contributed by atoms with van der Waals surface area (Å²) in [5.41, 5.74) is 7.47. The summed E-state index contributed by atoms with van der Waals surface area (Å²) in [5.74, 6) is 1.69. The molecule has 44 heavy (non-hydrogen) atoms. The number of benzene rings is 2. The van der Waals surface area contributed by atoms with Crippen LogP contribution in [0.25, 0.3) is 22.2 Å². The van der Waals surface area contributed by atoms with Gasteiger partial charge in [0.1, 0.15) is 24.4 Å². The molecule has 0 aliphatic carbocycles. The summed E-state index contributed by atoms with van der Waals surface area (Å²) in [6, 6.07) is 10.1. The fourth-order valence-electron chi connectivity index (χ4n) is 5.87. The molecule has 0 bridgehead atoms. The Morgan fingerprint density at radius 3 is 2.43 bits per heavy atom. The predicted molar refractivity (Wildman–Crippen MR) is 180 cm³/mol. The smallest absolute Gasteiger partial charge is 0.231 e. The van der Waals surface area contributed by atoms with Crippen LogP contribution in [0.5, 0.6) is 5.75 Å². The third-order valence-corrected chi connectivity index (χ3v) is 9.99. The van der Waals surface area contributed by atoms with Crippen LogP contribution < -0.4 is 25.6 Å². The molecule has 4 heterocycles. The number of likely N-dealkylation sites (N-methyl/N-ethyl adjacent to an activating group) is 1. The quantitative estimate of drug-likeness (QED) is 0.196. The van der Waals surface area contributed by atoms with Gasteiger partial charge in [-0.15, -0.1) is 0 Å². The van der Waals surface area contributed by atoms with Gasteiger partial charge in [-0.3, -0.25) is 4.68 Å². The number of fused-ring (bicyclic) bond motifs is 1. The zero-order valence-electron chi connectivity index (χ0n) is 26.4. The summed E-state index contributed by atoms with van der Waals surface area (Å²) >= 11 is 0. The molecule has 1 aliphatic heterocycles. The third-order valence-electron chi connectivity index (χ3n) is 8.33. The molecule has 0 saturated carbocycles. The van der Waals surface area contributed by atoms with Crippen LogP contribution in [0, 0.1) is 13.8 Å². The molecule has 0 radical (unpaired) electrons. The molecule has 12 heteroatoms. The van der Waals surface area contributed by atoms with Crippen LogP contribution in [0.4, 0.5) is 28.8 Å². The number of H-pyrrole nitrogens is 1. The number of aromatic amines is 1. The van der Waals surface area contributed by atoms with E-state index in [2.05, 4.69) is 49.7 Å². The van der Waals surface area contributed by atoms with Gasteiger partial charge in [-0.05, 0) is 63.6 Å². The van der Waals surface area contributed by atoms with Crippen molar-refractivity contribution in [2.24, 2.45) is 7.05 Å². The Balaban J connectivity index is 1.42. The molecular formula is C32H40N9O2P. The van der Waals surface area contributed by atoms with Crippen LogP contribution in [-0.4, -0.2) is 83.3 Å². The van der Waals surface area contributed by atoms with Crippen molar-refractivity contribution in [1.29, 1.82) is 0 Å². The number of anilines is 5. The fourth-order valence-corrected chi connectivity index (χ4v) is 7.57. The van der Waals surface area contributed by atoms with Crippen LogP contribution in [-0.2, 0) is 11.6 Å². The minimum absolute atomic E-state index is 0.395. The molecule has 1 aliphatic rings. The van der Waals surface area contributed by atoms with Crippen molar-refractivity contribution in [2.75, 3.05) is 69.2 Å². The lowest BCUT2D eigenvalue weighted by Gasteiger charge is -2.35. The molecule has 0 spiro atoms. The number of nitrogens with one attached hydrogen (secondary N) is 3. The minimum Gasteiger partial charge on any atom is -0.494 e. The van der Waals surface area contributed by atoms with Crippen molar-refractivity contribution >= 4 is 52.3 Å². The van der Waals surface area contributed by atoms with Gasteiger partial charge < -0.3 is 34.7 Å². The van der Waals surface area contributed by atoms with Gasteiger partial charge in [-0.2, -0.15) is 15.1 Å². The first kappa shape index (κ1) is 29.7. The van der Waals surface area contributed by atoms with Crippen molar-refractivity contribution in [3.05, 3.63) is 60.0 Å². The number of hydrogen-bond acceptors (Lipinski definition) is 9. The van der Waals surface area contributed by atoms with Gasteiger partial charge >= 0.3 is 0 Å². The third kappa shape index (κ3) is 5.77. The van der Waals surface area contributed by atoms with Crippen LogP contribution in [0.15, 0.2) is 48.9 Å². The Labute approximate surface area is 258 Å². The van der Waals surface area contributed by atoms with Crippen molar-refractivity contribution in [2.45, 2.75) is 13.8 Å². The lowest BCUT2D eigenvalue weighted by atomic mass is 10.0. The maximum atomic E-state index is 13.4. The van der Waals surface area contributed by atoms with E-state index in [-0.39, 0.29) is 0 Å². The van der Waals surface area contributed by atoms with Gasteiger partial charge in [0.2, 0.25) is 5.95 Å². The van der Waals surface area contributed by atoms with E-state index < -0.39 is 7.14 Å². The maximum absolute atomic E-state index is 13.4. The molecule has 1 saturated heterocycles. The van der Waals surface area contributed by atoms with Gasteiger partial charge in [-0.25, -0.2) is 0 Å². The number of methoxy groups -OCH3 is 1. The average Bonchev–Trinajstić information content (AvgIpc) is 3.64. The molecule has 0 unspecified atom stereocenters. The Morgan fingerprint density at radius 1 is 0.977 bits per heavy atom. The van der Waals surface area contributed by atoms with E-state index in [1.807, 2.05) is 62.4 Å². The Hall–Kier alpha value is -4.34. The number of ether oxygens (including phenoxy) is 1. The largest absolute Gasteiger partial charge is 0.494 e. The lowest BCUT2D eigenvalue weighted by molar-refractivity contribution is 0.313. The van der Waals surface area contributed by atoms with Gasteiger partial charge in [0.25, 0.3) is 0 Å². The van der Waals surface area contributed by atoms with E-state index in [4.69, 9.17) is 14.7 Å². The predicted octanol–water partition coefficient (Wildman–Crippen LogP) is 5.47. The minimum atomic E-state index is -2.59. The van der Waals surface area contributed by atoms with E-state index in [0.717, 1.165) is 76.2 Å². The summed E-state index contributed by atoms with van der Waals surface area (Å²) in [4.78, 5) is 17.7. The van der Waals surface area contributed by atoms with Crippen molar-refractivity contribution in [3.8, 4) is 16.9 Å². The zero-order valence-corrected chi connectivity index (χ0v) is 27.3. The SMILES string of the molecule is COc1cc(N2CCN(C)CC2)c(-c2cnn(C)c2)cc1Nc1nc(Nc2ccc(C)c(C)c2P(C)(C)=O)c2cc[nH]c2n1. The molecule has 3 N–H and O–H groups in total. The van der Waals surface area contributed by atoms with E-state index in [1.165, 1.54) is 0 Å². The van der Waals surface area contributed by atoms with Crippen LogP contribution >= 0.6 is 7.14 Å². The van der Waals surface area contributed by atoms with E-state index in [1.54, 1.807) is 20.4 Å². The number of nitrogens with zero attached hydrogens (tertiary/aromatic N) is 6. The lowest BCUT2D eigenvalue weighted by Crippen LogP contribution is -2.44. The molecular weight excluding hydrogens is 573 g/mol. The molecule has 6 rings (SSSR count). The number of hydrogen-bond donors (Lipinski definition) is 3. The van der Waals surface area contributed by atoms with E-state index in [0.29, 0.717) is 23.2 Å². The van der Waals surface area contributed by atoms with Crippen LogP contribution in [0.2, 0.25) is 0 Å². The maximum Gasteiger partial charge on any atom is 0.231 e. The fraction of sp³-hybridized carbons (Fsp3) is 0.344. The molecule has 3 aromatic heterocycles. The standard InChI is InChI=1S/C32H40N9O2P/c1-20-8-9-25(29(21(20)2)44(6,7)42)35-31-23-10-11-33-30(23)37-32(38-31)36-26-16-24(22-18-34-40(4)19-22)27(17-28(26)43-5)41-14-12-39(3)13-15-41/h8-11,16-19H,12-15H2,1-7H3,(H3,33,35,36,37,38). The zero-order chi connectivity index (χ0) is 31.2. The molecule has 0 amide bonds.